The monoisotopic (exact) mass is 274 g/mol. The number of nitrogens with zero attached hydrogens (tertiary/aromatic N) is 2. The number of rotatable bonds is 3. The van der Waals surface area contributed by atoms with E-state index in [9.17, 15) is 0 Å². The molecule has 3 N–H and O–H groups in total. The zero-order chi connectivity index (χ0) is 13.2. The Morgan fingerprint density at radius 1 is 1.32 bits per heavy atom. The zero-order valence-corrected chi connectivity index (χ0v) is 11.8. The van der Waals surface area contributed by atoms with Gasteiger partial charge >= 0.3 is 0 Å². The molecule has 0 saturated heterocycles. The maximum Gasteiger partial charge on any atom is 0.137 e. The minimum Gasteiger partial charge on any atom is -0.399 e. The van der Waals surface area contributed by atoms with Crippen LogP contribution in [0.25, 0.3) is 10.9 Å². The van der Waals surface area contributed by atoms with Crippen molar-refractivity contribution < 1.29 is 0 Å². The topological polar surface area (TPSA) is 63.8 Å². The highest BCUT2D eigenvalue weighted by Crippen LogP contribution is 2.32. The van der Waals surface area contributed by atoms with Crippen LogP contribution in [-0.4, -0.2) is 27.5 Å². The lowest BCUT2D eigenvalue weighted by Gasteiger charge is -2.20. The van der Waals surface area contributed by atoms with Crippen molar-refractivity contribution in [3.8, 4) is 0 Å². The predicted octanol–water partition coefficient (Wildman–Crippen LogP) is 2.91. The molecule has 1 aromatic heterocycles. The normalized spacial score (nSPS) is 22.8. The first-order valence-corrected chi connectivity index (χ1v) is 7.86. The molecule has 2 atom stereocenters. The molecule has 1 aliphatic carbocycles. The number of hydrogen-bond donors (Lipinski definition) is 2. The zero-order valence-electron chi connectivity index (χ0n) is 11.0. The second-order valence-corrected chi connectivity index (χ2v) is 6.03. The second kappa shape index (κ2) is 5.25. The van der Waals surface area contributed by atoms with E-state index in [1.54, 1.807) is 6.33 Å². The van der Waals surface area contributed by atoms with Crippen molar-refractivity contribution >= 4 is 34.2 Å². The largest absolute Gasteiger partial charge is 0.399 e. The molecule has 100 valence electrons. The minimum absolute atomic E-state index is 0.505. The van der Waals surface area contributed by atoms with Gasteiger partial charge in [0.25, 0.3) is 0 Å². The first-order chi connectivity index (χ1) is 9.28. The SMILES string of the molecule is CSC1CCCC1Nc1ncnc2cc(N)ccc12. The average Bonchev–Trinajstić information content (AvgIpc) is 2.86. The summed E-state index contributed by atoms with van der Waals surface area (Å²) in [5, 5.41) is 5.32. The van der Waals surface area contributed by atoms with Crippen LogP contribution in [0.4, 0.5) is 11.5 Å². The molecule has 0 aliphatic heterocycles. The fourth-order valence-electron chi connectivity index (χ4n) is 2.74. The summed E-state index contributed by atoms with van der Waals surface area (Å²) in [6.45, 7) is 0. The molecule has 1 fully saturated rings. The number of anilines is 2. The summed E-state index contributed by atoms with van der Waals surface area (Å²) in [5.74, 6) is 0.927. The van der Waals surface area contributed by atoms with Gasteiger partial charge < -0.3 is 11.1 Å². The summed E-state index contributed by atoms with van der Waals surface area (Å²) >= 11 is 1.94. The Morgan fingerprint density at radius 2 is 2.21 bits per heavy atom. The molecular weight excluding hydrogens is 256 g/mol. The van der Waals surface area contributed by atoms with Gasteiger partial charge in [0.1, 0.15) is 12.1 Å². The number of nitrogen functional groups attached to an aromatic ring is 1. The van der Waals surface area contributed by atoms with Crippen LogP contribution in [0.3, 0.4) is 0 Å². The van der Waals surface area contributed by atoms with E-state index in [1.807, 2.05) is 30.0 Å². The van der Waals surface area contributed by atoms with Crippen molar-refractivity contribution in [3.05, 3.63) is 24.5 Å². The van der Waals surface area contributed by atoms with Crippen LogP contribution in [0.2, 0.25) is 0 Å². The van der Waals surface area contributed by atoms with Crippen molar-refractivity contribution in [3.63, 3.8) is 0 Å². The first-order valence-electron chi connectivity index (χ1n) is 6.57. The Balaban J connectivity index is 1.92. The van der Waals surface area contributed by atoms with E-state index in [4.69, 9.17) is 5.73 Å². The van der Waals surface area contributed by atoms with Crippen molar-refractivity contribution in [2.24, 2.45) is 0 Å². The van der Waals surface area contributed by atoms with Crippen LogP contribution in [0, 0.1) is 0 Å². The summed E-state index contributed by atoms with van der Waals surface area (Å²) in [5.41, 5.74) is 7.43. The lowest BCUT2D eigenvalue weighted by molar-refractivity contribution is 0.764. The quantitative estimate of drug-likeness (QED) is 0.843. The fraction of sp³-hybridized carbons (Fsp3) is 0.429. The number of benzene rings is 1. The van der Waals surface area contributed by atoms with Gasteiger partial charge in [-0.25, -0.2) is 9.97 Å². The molecule has 4 nitrogen and oxygen atoms in total. The summed E-state index contributed by atoms with van der Waals surface area (Å²) < 4.78 is 0. The molecule has 1 saturated carbocycles. The van der Waals surface area contributed by atoms with E-state index < -0.39 is 0 Å². The van der Waals surface area contributed by atoms with E-state index in [-0.39, 0.29) is 0 Å². The Bertz CT molecular complexity index is 587. The van der Waals surface area contributed by atoms with Gasteiger partial charge in [0, 0.05) is 22.4 Å². The summed E-state index contributed by atoms with van der Waals surface area (Å²) in [6.07, 6.45) is 7.58. The van der Waals surface area contributed by atoms with Crippen LogP contribution < -0.4 is 11.1 Å². The van der Waals surface area contributed by atoms with Gasteiger partial charge in [-0.15, -0.1) is 0 Å². The van der Waals surface area contributed by atoms with E-state index >= 15 is 0 Å². The van der Waals surface area contributed by atoms with Gasteiger partial charge in [0.05, 0.1) is 5.52 Å². The molecule has 19 heavy (non-hydrogen) atoms. The maximum absolute atomic E-state index is 5.80. The Hall–Kier alpha value is -1.49. The predicted molar refractivity (Wildman–Crippen MR) is 82.5 cm³/mol. The molecule has 3 rings (SSSR count). The summed E-state index contributed by atoms with van der Waals surface area (Å²) in [4.78, 5) is 8.68. The highest BCUT2D eigenvalue weighted by molar-refractivity contribution is 7.99. The standard InChI is InChI=1S/C14H18N4S/c1-19-13-4-2-3-11(13)18-14-10-6-5-9(15)7-12(10)16-8-17-14/h5-8,11,13H,2-4,15H2,1H3,(H,16,17,18). The number of nitrogens with two attached hydrogens (primary N) is 1. The van der Waals surface area contributed by atoms with Crippen molar-refractivity contribution in [2.45, 2.75) is 30.6 Å². The van der Waals surface area contributed by atoms with E-state index in [0.29, 0.717) is 11.3 Å². The molecule has 1 aliphatic rings. The molecule has 1 heterocycles. The molecule has 0 amide bonds. The summed E-state index contributed by atoms with van der Waals surface area (Å²) in [7, 11) is 0. The van der Waals surface area contributed by atoms with E-state index in [0.717, 1.165) is 22.4 Å². The van der Waals surface area contributed by atoms with E-state index in [2.05, 4.69) is 21.5 Å². The van der Waals surface area contributed by atoms with Gasteiger partial charge in [-0.3, -0.25) is 0 Å². The number of nitrogens with one attached hydrogen (secondary N) is 1. The lowest BCUT2D eigenvalue weighted by Crippen LogP contribution is -2.26. The smallest absolute Gasteiger partial charge is 0.137 e. The van der Waals surface area contributed by atoms with Crippen molar-refractivity contribution in [2.75, 3.05) is 17.3 Å². The number of thioether (sulfide) groups is 1. The molecule has 5 heteroatoms. The van der Waals surface area contributed by atoms with Gasteiger partial charge in [-0.1, -0.05) is 6.42 Å². The van der Waals surface area contributed by atoms with Gasteiger partial charge in [0.15, 0.2) is 0 Å². The number of hydrogen-bond acceptors (Lipinski definition) is 5. The lowest BCUT2D eigenvalue weighted by atomic mass is 10.2. The molecule has 0 bridgehead atoms. The van der Waals surface area contributed by atoms with Crippen molar-refractivity contribution in [1.82, 2.24) is 9.97 Å². The van der Waals surface area contributed by atoms with Crippen LogP contribution in [0.15, 0.2) is 24.5 Å². The third-order valence-electron chi connectivity index (χ3n) is 3.74. The molecule has 2 aromatic rings. The molecular formula is C14H18N4S. The summed E-state index contributed by atoms with van der Waals surface area (Å²) in [6, 6.07) is 6.29. The van der Waals surface area contributed by atoms with E-state index in [1.165, 1.54) is 19.3 Å². The molecule has 1 aromatic carbocycles. The maximum atomic E-state index is 5.80. The Labute approximate surface area is 117 Å². The van der Waals surface area contributed by atoms with Crippen LogP contribution in [-0.2, 0) is 0 Å². The van der Waals surface area contributed by atoms with Gasteiger partial charge in [0.2, 0.25) is 0 Å². The van der Waals surface area contributed by atoms with Crippen molar-refractivity contribution in [1.29, 1.82) is 0 Å². The molecule has 0 spiro atoms. The third kappa shape index (κ3) is 2.47. The van der Waals surface area contributed by atoms with Gasteiger partial charge in [-0.05, 0) is 37.3 Å². The minimum atomic E-state index is 0.505. The second-order valence-electron chi connectivity index (χ2n) is 4.95. The highest BCUT2D eigenvalue weighted by atomic mass is 32.2. The number of fused-ring (bicyclic) bond motifs is 1. The first kappa shape index (κ1) is 12.5. The fourth-order valence-corrected chi connectivity index (χ4v) is 3.67. The highest BCUT2D eigenvalue weighted by Gasteiger charge is 2.26. The van der Waals surface area contributed by atoms with Gasteiger partial charge in [-0.2, -0.15) is 11.8 Å². The Morgan fingerprint density at radius 3 is 3.05 bits per heavy atom. The molecule has 0 radical (unpaired) electrons. The Kier molecular flexibility index (Phi) is 3.46. The molecule has 2 unspecified atom stereocenters. The third-order valence-corrected chi connectivity index (χ3v) is 4.91. The average molecular weight is 274 g/mol. The van der Waals surface area contributed by atoms with Crippen LogP contribution in [0.5, 0.6) is 0 Å². The van der Waals surface area contributed by atoms with Crippen LogP contribution >= 0.6 is 11.8 Å². The van der Waals surface area contributed by atoms with Crippen LogP contribution in [0.1, 0.15) is 19.3 Å². The number of aromatic nitrogens is 2.